The van der Waals surface area contributed by atoms with Gasteiger partial charge in [0.05, 0.1) is 13.0 Å². The Morgan fingerprint density at radius 3 is 2.60 bits per heavy atom. The molecule has 0 saturated heterocycles. The van der Waals surface area contributed by atoms with Crippen LogP contribution in [-0.2, 0) is 0 Å². The van der Waals surface area contributed by atoms with Gasteiger partial charge < -0.3 is 10.8 Å². The normalized spacial score (nSPS) is 20.0. The van der Waals surface area contributed by atoms with Crippen molar-refractivity contribution in [3.05, 3.63) is 35.8 Å². The molecule has 0 saturated carbocycles. The summed E-state index contributed by atoms with van der Waals surface area (Å²) in [4.78, 5) is 0. The standard InChI is InChI=1S/C8H11NO/c9-6-8(10)7-4-2-1-3-5-7/h1-5,8,10H,6,9H2/i1D,2D,3D,4D,5D. The third-order valence-corrected chi connectivity index (χ3v) is 1.08. The predicted molar refractivity (Wildman–Crippen MR) is 40.5 cm³/mol. The van der Waals surface area contributed by atoms with Crippen LogP contribution in [0.25, 0.3) is 0 Å². The van der Waals surface area contributed by atoms with E-state index >= 15 is 0 Å². The number of hydrogen-bond donors (Lipinski definition) is 2. The van der Waals surface area contributed by atoms with Crippen molar-refractivity contribution in [1.29, 1.82) is 0 Å². The molecule has 0 aliphatic carbocycles. The van der Waals surface area contributed by atoms with Crippen LogP contribution in [0.2, 0.25) is 0 Å². The molecule has 10 heavy (non-hydrogen) atoms. The fourth-order valence-electron chi connectivity index (χ4n) is 0.544. The number of rotatable bonds is 2. The molecule has 0 amide bonds. The average molecular weight is 142 g/mol. The first kappa shape index (κ1) is 3.03. The summed E-state index contributed by atoms with van der Waals surface area (Å²) in [6, 6.07) is -2.20. The molecular formula is C8H11NO. The van der Waals surface area contributed by atoms with E-state index in [0.717, 1.165) is 0 Å². The molecule has 0 heterocycles. The van der Waals surface area contributed by atoms with Gasteiger partial charge in [-0.25, -0.2) is 0 Å². The van der Waals surface area contributed by atoms with Crippen molar-refractivity contribution in [2.24, 2.45) is 5.73 Å². The second kappa shape index (κ2) is 3.34. The molecule has 1 atom stereocenters. The van der Waals surface area contributed by atoms with Gasteiger partial charge in [0, 0.05) is 6.54 Å². The Bertz CT molecular complexity index is 366. The quantitative estimate of drug-likeness (QED) is 0.637. The topological polar surface area (TPSA) is 46.2 Å². The molecule has 1 rings (SSSR count). The highest BCUT2D eigenvalue weighted by molar-refractivity contribution is 5.17. The largest absolute Gasteiger partial charge is 0.387 e. The number of aliphatic hydroxyl groups excluding tert-OH is 1. The Hall–Kier alpha value is -0.860. The van der Waals surface area contributed by atoms with Gasteiger partial charge in [-0.2, -0.15) is 0 Å². The lowest BCUT2D eigenvalue weighted by Gasteiger charge is -2.05. The first-order chi connectivity index (χ1) is 6.91. The summed E-state index contributed by atoms with van der Waals surface area (Å²) in [5.41, 5.74) is 5.04. The molecule has 0 aliphatic heterocycles. The Balaban J connectivity index is 3.52. The van der Waals surface area contributed by atoms with Crippen LogP contribution >= 0.6 is 0 Å². The summed E-state index contributed by atoms with van der Waals surface area (Å²) in [7, 11) is 0. The molecule has 3 N–H and O–H groups in total. The third kappa shape index (κ3) is 1.56. The van der Waals surface area contributed by atoms with Crippen molar-refractivity contribution in [2.75, 3.05) is 6.54 Å². The molecule has 0 bridgehead atoms. The van der Waals surface area contributed by atoms with Gasteiger partial charge in [0.1, 0.15) is 0 Å². The molecule has 0 aromatic heterocycles. The molecule has 2 nitrogen and oxygen atoms in total. The highest BCUT2D eigenvalue weighted by Crippen LogP contribution is 2.08. The molecule has 0 radical (unpaired) electrons. The number of hydrogen-bond acceptors (Lipinski definition) is 2. The monoisotopic (exact) mass is 142 g/mol. The van der Waals surface area contributed by atoms with Crippen LogP contribution in [0.3, 0.4) is 0 Å². The maximum Gasteiger partial charge on any atom is 0.0912 e. The summed E-state index contributed by atoms with van der Waals surface area (Å²) < 4.78 is 37.0. The highest BCUT2D eigenvalue weighted by atomic mass is 16.3. The van der Waals surface area contributed by atoms with Gasteiger partial charge in [0.2, 0.25) is 0 Å². The molecule has 0 fully saturated rings. The van der Waals surface area contributed by atoms with E-state index in [4.69, 9.17) is 12.6 Å². The average Bonchev–Trinajstić information content (AvgIpc) is 2.23. The third-order valence-electron chi connectivity index (χ3n) is 1.08. The zero-order chi connectivity index (χ0) is 11.7. The maximum atomic E-state index is 9.44. The van der Waals surface area contributed by atoms with Crippen molar-refractivity contribution in [2.45, 2.75) is 6.10 Å². The van der Waals surface area contributed by atoms with Crippen LogP contribution in [0.1, 0.15) is 18.5 Å². The smallest absolute Gasteiger partial charge is 0.0912 e. The lowest BCUT2D eigenvalue weighted by Crippen LogP contribution is -2.10. The van der Waals surface area contributed by atoms with Crippen LogP contribution < -0.4 is 5.73 Å². The molecule has 54 valence electrons. The van der Waals surface area contributed by atoms with Crippen LogP contribution in [0, 0.1) is 0 Å². The minimum Gasteiger partial charge on any atom is -0.387 e. The van der Waals surface area contributed by atoms with E-state index in [1.165, 1.54) is 0 Å². The SMILES string of the molecule is [2H]c1c([2H])c([2H])c(C(O)CN)c([2H])c1[2H]. The number of benzene rings is 1. The van der Waals surface area contributed by atoms with Crippen LogP contribution in [-0.4, -0.2) is 11.7 Å². The van der Waals surface area contributed by atoms with E-state index in [1.807, 2.05) is 0 Å². The summed E-state index contributed by atoms with van der Waals surface area (Å²) >= 11 is 0. The number of nitrogens with two attached hydrogens (primary N) is 1. The Kier molecular flexibility index (Phi) is 1.01. The molecule has 2 heteroatoms. The summed E-state index contributed by atoms with van der Waals surface area (Å²) in [5, 5.41) is 9.44. The lowest BCUT2D eigenvalue weighted by molar-refractivity contribution is 0.187. The van der Waals surface area contributed by atoms with Crippen molar-refractivity contribution in [3.8, 4) is 0 Å². The molecule has 1 aromatic rings. The molecule has 0 spiro atoms. The van der Waals surface area contributed by atoms with Gasteiger partial charge in [-0.1, -0.05) is 30.2 Å². The maximum absolute atomic E-state index is 9.44. The van der Waals surface area contributed by atoms with E-state index in [0.29, 0.717) is 0 Å². The van der Waals surface area contributed by atoms with Gasteiger partial charge >= 0.3 is 0 Å². The van der Waals surface area contributed by atoms with Gasteiger partial charge in [-0.05, 0) is 5.56 Å². The van der Waals surface area contributed by atoms with E-state index in [9.17, 15) is 5.11 Å². The van der Waals surface area contributed by atoms with E-state index in [1.54, 1.807) is 0 Å². The lowest BCUT2D eigenvalue weighted by atomic mass is 10.1. The van der Waals surface area contributed by atoms with Gasteiger partial charge in [-0.3, -0.25) is 0 Å². The molecular weight excluding hydrogens is 126 g/mol. The summed E-state index contributed by atoms with van der Waals surface area (Å²) in [5.74, 6) is 0. The van der Waals surface area contributed by atoms with Crippen molar-refractivity contribution in [1.82, 2.24) is 0 Å². The minimum atomic E-state index is -1.24. The predicted octanol–water partition coefficient (Wildman–Crippen LogP) is 0.679. The molecule has 0 aliphatic rings. The Labute approximate surface area is 67.3 Å². The zero-order valence-corrected chi connectivity index (χ0v) is 5.31. The van der Waals surface area contributed by atoms with Gasteiger partial charge in [0.25, 0.3) is 0 Å². The second-order valence-corrected chi connectivity index (χ2v) is 1.79. The number of aliphatic hydroxyl groups is 1. The van der Waals surface area contributed by atoms with E-state index < -0.39 is 36.3 Å². The van der Waals surface area contributed by atoms with Crippen LogP contribution in [0.4, 0.5) is 0 Å². The van der Waals surface area contributed by atoms with Crippen LogP contribution in [0.15, 0.2) is 30.2 Å². The molecule has 1 unspecified atom stereocenters. The zero-order valence-electron chi connectivity index (χ0n) is 10.3. The molecule has 1 aromatic carbocycles. The highest BCUT2D eigenvalue weighted by Gasteiger charge is 2.01. The second-order valence-electron chi connectivity index (χ2n) is 1.79. The fraction of sp³-hybridized carbons (Fsp3) is 0.250. The summed E-state index contributed by atoms with van der Waals surface area (Å²) in [6.45, 7) is -0.187. The minimum absolute atomic E-state index is 0.150. The van der Waals surface area contributed by atoms with Gasteiger partial charge in [-0.15, -0.1) is 0 Å². The van der Waals surface area contributed by atoms with Crippen LogP contribution in [0.5, 0.6) is 0 Å². The van der Waals surface area contributed by atoms with Crippen molar-refractivity contribution in [3.63, 3.8) is 0 Å². The fourth-order valence-corrected chi connectivity index (χ4v) is 0.544. The first-order valence-electron chi connectivity index (χ1n) is 5.36. The van der Waals surface area contributed by atoms with Crippen molar-refractivity contribution >= 4 is 0 Å². The van der Waals surface area contributed by atoms with E-state index in [2.05, 4.69) is 0 Å². The Morgan fingerprint density at radius 2 is 2.10 bits per heavy atom. The van der Waals surface area contributed by atoms with Crippen molar-refractivity contribution < 1.29 is 12.0 Å². The Morgan fingerprint density at radius 1 is 1.50 bits per heavy atom. The van der Waals surface area contributed by atoms with E-state index in [-0.39, 0.29) is 12.1 Å². The van der Waals surface area contributed by atoms with Gasteiger partial charge in [0.15, 0.2) is 0 Å². The first-order valence-corrected chi connectivity index (χ1v) is 2.86. The summed E-state index contributed by atoms with van der Waals surface area (Å²) in [6.07, 6.45) is -1.24.